The number of alkyl halides is 3. The molecule has 1 aromatic heterocycles. The van der Waals surface area contributed by atoms with Crippen molar-refractivity contribution in [3.05, 3.63) is 33.7 Å². The summed E-state index contributed by atoms with van der Waals surface area (Å²) in [6, 6.07) is 1.72. The molecule has 4 rings (SSSR count). The third-order valence-electron chi connectivity index (χ3n) is 5.48. The monoisotopic (exact) mass is 473 g/mol. The quantitative estimate of drug-likeness (QED) is 0.543. The van der Waals surface area contributed by atoms with E-state index in [0.717, 1.165) is 6.07 Å². The van der Waals surface area contributed by atoms with E-state index in [9.17, 15) is 31.9 Å². The topological polar surface area (TPSA) is 80.6 Å². The van der Waals surface area contributed by atoms with Crippen molar-refractivity contribution in [2.75, 3.05) is 24.6 Å². The molecule has 2 aromatic rings. The van der Waals surface area contributed by atoms with Crippen molar-refractivity contribution in [3.8, 4) is 0 Å². The van der Waals surface area contributed by atoms with Gasteiger partial charge in [0, 0.05) is 24.5 Å². The van der Waals surface area contributed by atoms with Gasteiger partial charge in [0.15, 0.2) is 0 Å². The minimum atomic E-state index is -4.99. The number of halogens is 4. The molecular formula is C20H19F4N3O4S. The van der Waals surface area contributed by atoms with Crippen molar-refractivity contribution in [3.63, 3.8) is 0 Å². The predicted octanol–water partition coefficient (Wildman–Crippen LogP) is 3.20. The molecule has 1 fully saturated rings. The number of hydrogen-bond donors (Lipinski definition) is 1. The summed E-state index contributed by atoms with van der Waals surface area (Å²) in [6.45, 7) is 3.79. The van der Waals surface area contributed by atoms with E-state index in [4.69, 9.17) is 4.74 Å². The predicted molar refractivity (Wildman–Crippen MR) is 110 cm³/mol. The first kappa shape index (κ1) is 22.4. The lowest BCUT2D eigenvalue weighted by Crippen LogP contribution is -2.44. The van der Waals surface area contributed by atoms with Crippen LogP contribution in [0.25, 0.3) is 10.9 Å². The van der Waals surface area contributed by atoms with Crippen molar-refractivity contribution in [2.45, 2.75) is 42.9 Å². The number of ether oxygens (including phenoxy) is 1. The summed E-state index contributed by atoms with van der Waals surface area (Å²) < 4.78 is 59.2. The Morgan fingerprint density at radius 1 is 1.31 bits per heavy atom. The molecule has 0 spiro atoms. The second-order valence-electron chi connectivity index (χ2n) is 7.54. The summed E-state index contributed by atoms with van der Waals surface area (Å²) >= 11 is 1.32. The summed E-state index contributed by atoms with van der Waals surface area (Å²) in [4.78, 5) is 38.0. The van der Waals surface area contributed by atoms with Crippen LogP contribution in [-0.4, -0.2) is 48.4 Å². The van der Waals surface area contributed by atoms with Crippen molar-refractivity contribution < 1.29 is 31.9 Å². The molecule has 0 bridgehead atoms. The van der Waals surface area contributed by atoms with Crippen LogP contribution in [0.1, 0.15) is 36.0 Å². The molecule has 0 saturated carbocycles. The van der Waals surface area contributed by atoms with E-state index in [1.165, 1.54) is 22.7 Å². The van der Waals surface area contributed by atoms with Crippen LogP contribution in [0.15, 0.2) is 22.0 Å². The van der Waals surface area contributed by atoms with Gasteiger partial charge in [0.1, 0.15) is 11.4 Å². The number of benzene rings is 1. The molecule has 0 aliphatic carbocycles. The van der Waals surface area contributed by atoms with Crippen LogP contribution in [0.4, 0.5) is 23.2 Å². The van der Waals surface area contributed by atoms with Crippen LogP contribution in [-0.2, 0) is 9.53 Å². The molecule has 32 heavy (non-hydrogen) atoms. The fourth-order valence-corrected chi connectivity index (χ4v) is 5.18. The van der Waals surface area contributed by atoms with Crippen LogP contribution in [0.2, 0.25) is 0 Å². The highest BCUT2D eigenvalue weighted by Crippen LogP contribution is 2.47. The second-order valence-corrected chi connectivity index (χ2v) is 8.85. The molecule has 2 unspecified atom stereocenters. The molecule has 1 saturated heterocycles. The molecule has 2 atom stereocenters. The largest absolute Gasteiger partial charge is 0.471 e. The Balaban J connectivity index is 1.71. The molecule has 12 heteroatoms. The number of anilines is 1. The van der Waals surface area contributed by atoms with Gasteiger partial charge in [-0.15, -0.1) is 0 Å². The number of carbonyl (C=O) groups excluding carboxylic acids is 2. The molecular weight excluding hydrogens is 454 g/mol. The zero-order chi connectivity index (χ0) is 23.4. The smallest absolute Gasteiger partial charge is 0.462 e. The van der Waals surface area contributed by atoms with Gasteiger partial charge in [0.25, 0.3) is 0 Å². The van der Waals surface area contributed by atoms with Crippen molar-refractivity contribution >= 4 is 40.2 Å². The van der Waals surface area contributed by atoms with Crippen LogP contribution < -0.4 is 15.6 Å². The summed E-state index contributed by atoms with van der Waals surface area (Å²) in [7, 11) is 0. The molecule has 3 heterocycles. The standard InChI is InChI=1S/C20H19F4N3O4S/c1-3-31-18(29)15-16(28)11-6-12(21)14(7-13(11)27-9(2)32-17(15)27)26-5-4-10(8-26)25-19(30)20(22,23)24/h6-7,9-10H,3-5,8H2,1-2H3,(H,25,30). The van der Waals surface area contributed by atoms with Gasteiger partial charge in [0.2, 0.25) is 5.43 Å². The Labute approximate surface area is 183 Å². The summed E-state index contributed by atoms with van der Waals surface area (Å²) in [6.07, 6.45) is -4.78. The maximum absolute atomic E-state index is 15.0. The lowest BCUT2D eigenvalue weighted by molar-refractivity contribution is -0.174. The van der Waals surface area contributed by atoms with E-state index in [-0.39, 0.29) is 48.1 Å². The normalized spacial score (nSPS) is 20.1. The van der Waals surface area contributed by atoms with Gasteiger partial charge in [-0.1, -0.05) is 11.8 Å². The molecule has 1 aromatic carbocycles. The van der Waals surface area contributed by atoms with E-state index in [1.54, 1.807) is 11.5 Å². The average molecular weight is 473 g/mol. The first-order valence-corrected chi connectivity index (χ1v) is 10.8. The fraction of sp³-hybridized carbons (Fsp3) is 0.450. The summed E-state index contributed by atoms with van der Waals surface area (Å²) in [5.74, 6) is -3.55. The van der Waals surface area contributed by atoms with Gasteiger partial charge < -0.3 is 19.5 Å². The van der Waals surface area contributed by atoms with Crippen molar-refractivity contribution in [2.24, 2.45) is 0 Å². The zero-order valence-electron chi connectivity index (χ0n) is 17.1. The molecule has 1 amide bonds. The zero-order valence-corrected chi connectivity index (χ0v) is 17.9. The molecule has 2 aliphatic heterocycles. The number of amides is 1. The average Bonchev–Trinajstić information content (AvgIpc) is 3.15. The minimum Gasteiger partial charge on any atom is -0.462 e. The van der Waals surface area contributed by atoms with Crippen LogP contribution in [0.3, 0.4) is 0 Å². The highest BCUT2D eigenvalue weighted by Gasteiger charge is 2.41. The number of nitrogens with one attached hydrogen (secondary N) is 1. The maximum atomic E-state index is 15.0. The third-order valence-corrected chi connectivity index (χ3v) is 6.65. The Morgan fingerprint density at radius 2 is 2.03 bits per heavy atom. The number of carbonyl (C=O) groups is 2. The Bertz CT molecular complexity index is 1180. The summed E-state index contributed by atoms with van der Waals surface area (Å²) in [5, 5.41) is 2.26. The maximum Gasteiger partial charge on any atom is 0.471 e. The van der Waals surface area contributed by atoms with E-state index in [0.29, 0.717) is 10.5 Å². The lowest BCUT2D eigenvalue weighted by Gasteiger charge is -2.33. The number of thioether (sulfide) groups is 1. The lowest BCUT2D eigenvalue weighted by atomic mass is 10.1. The van der Waals surface area contributed by atoms with Crippen molar-refractivity contribution in [1.29, 1.82) is 0 Å². The minimum absolute atomic E-state index is 0.00739. The molecule has 7 nitrogen and oxygen atoms in total. The van der Waals surface area contributed by atoms with Crippen LogP contribution in [0, 0.1) is 5.82 Å². The van der Waals surface area contributed by atoms with Gasteiger partial charge >= 0.3 is 18.1 Å². The number of aromatic nitrogens is 1. The van der Waals surface area contributed by atoms with E-state index >= 15 is 0 Å². The van der Waals surface area contributed by atoms with Gasteiger partial charge in [-0.05, 0) is 32.4 Å². The number of hydrogen-bond acceptors (Lipinski definition) is 6. The van der Waals surface area contributed by atoms with Crippen LogP contribution >= 0.6 is 11.8 Å². The Hall–Kier alpha value is -2.76. The third kappa shape index (κ3) is 3.70. The number of nitrogens with zero attached hydrogens (tertiary/aromatic N) is 2. The Kier molecular flexibility index (Phi) is 5.60. The van der Waals surface area contributed by atoms with Crippen molar-refractivity contribution in [1.82, 2.24) is 9.88 Å². The number of fused-ring (bicyclic) bond motifs is 3. The van der Waals surface area contributed by atoms with Gasteiger partial charge in [-0.25, -0.2) is 9.18 Å². The number of pyridine rings is 1. The fourth-order valence-electron chi connectivity index (χ4n) is 4.03. The molecule has 0 radical (unpaired) electrons. The molecule has 1 N–H and O–H groups in total. The molecule has 172 valence electrons. The first-order valence-electron chi connectivity index (χ1n) is 9.91. The summed E-state index contributed by atoms with van der Waals surface area (Å²) in [5.41, 5.74) is -0.233. The van der Waals surface area contributed by atoms with E-state index < -0.39 is 35.3 Å². The molecule has 2 aliphatic rings. The second kappa shape index (κ2) is 7.98. The highest BCUT2D eigenvalue weighted by molar-refractivity contribution is 8.00. The first-order chi connectivity index (χ1) is 15.0. The van der Waals surface area contributed by atoms with E-state index in [1.807, 2.05) is 12.2 Å². The Morgan fingerprint density at radius 3 is 2.66 bits per heavy atom. The SMILES string of the molecule is CCOC(=O)c1c2n(c3cc(N4CCC(NC(=O)C(F)(F)F)C4)c(F)cc3c1=O)C(C)S2. The van der Waals surface area contributed by atoms with Crippen LogP contribution in [0.5, 0.6) is 0 Å². The highest BCUT2D eigenvalue weighted by atomic mass is 32.2. The number of esters is 1. The van der Waals surface area contributed by atoms with E-state index in [2.05, 4.69) is 0 Å². The van der Waals surface area contributed by atoms with Gasteiger partial charge in [0.05, 0.1) is 28.2 Å². The number of rotatable bonds is 4. The van der Waals surface area contributed by atoms with Gasteiger partial charge in [-0.3, -0.25) is 9.59 Å². The van der Waals surface area contributed by atoms with Gasteiger partial charge in [-0.2, -0.15) is 13.2 Å².